The van der Waals surface area contributed by atoms with Gasteiger partial charge >= 0.3 is 0 Å². The molecule has 1 aromatic carbocycles. The minimum absolute atomic E-state index is 0. The van der Waals surface area contributed by atoms with Gasteiger partial charge in [-0.2, -0.15) is 0 Å². The van der Waals surface area contributed by atoms with Crippen LogP contribution in [0.2, 0.25) is 0 Å². The molecular formula is C14H17BrN2O3S. The fourth-order valence-corrected chi connectivity index (χ4v) is 2.93. The number of aliphatic imine (C=N–C) groups is 1. The van der Waals surface area contributed by atoms with Gasteiger partial charge < -0.3 is 0 Å². The Labute approximate surface area is 138 Å². The molecule has 114 valence electrons. The number of nitro benzene ring substituents is 1. The SMILES string of the molecule is Br.O=C(CSC1=NCCCCC1)c1cccc([N+](=O)[O-])c1. The van der Waals surface area contributed by atoms with Crippen molar-refractivity contribution >= 4 is 45.3 Å². The van der Waals surface area contributed by atoms with Crippen molar-refractivity contribution < 1.29 is 9.72 Å². The summed E-state index contributed by atoms with van der Waals surface area (Å²) in [5.41, 5.74) is 0.341. The van der Waals surface area contributed by atoms with Crippen LogP contribution in [0.25, 0.3) is 0 Å². The second kappa shape index (κ2) is 8.94. The molecule has 1 aliphatic heterocycles. The largest absolute Gasteiger partial charge is 0.293 e. The Hall–Kier alpha value is -1.21. The van der Waals surface area contributed by atoms with Gasteiger partial charge in [-0.25, -0.2) is 0 Å². The molecular weight excluding hydrogens is 356 g/mol. The van der Waals surface area contributed by atoms with E-state index in [2.05, 4.69) is 4.99 Å². The number of halogens is 1. The summed E-state index contributed by atoms with van der Waals surface area (Å²) >= 11 is 1.46. The van der Waals surface area contributed by atoms with E-state index in [1.807, 2.05) is 0 Å². The van der Waals surface area contributed by atoms with E-state index in [9.17, 15) is 14.9 Å². The van der Waals surface area contributed by atoms with Gasteiger partial charge in [-0.15, -0.1) is 28.7 Å². The van der Waals surface area contributed by atoms with Crippen molar-refractivity contribution in [3.63, 3.8) is 0 Å². The Balaban J connectivity index is 0.00000220. The maximum Gasteiger partial charge on any atom is 0.270 e. The topological polar surface area (TPSA) is 72.6 Å². The Kier molecular flexibility index (Phi) is 7.60. The van der Waals surface area contributed by atoms with Crippen molar-refractivity contribution in [1.82, 2.24) is 0 Å². The van der Waals surface area contributed by atoms with E-state index in [1.165, 1.54) is 30.3 Å². The van der Waals surface area contributed by atoms with Crippen LogP contribution in [0.4, 0.5) is 5.69 Å². The summed E-state index contributed by atoms with van der Waals surface area (Å²) in [6.07, 6.45) is 4.36. The zero-order valence-electron chi connectivity index (χ0n) is 11.5. The van der Waals surface area contributed by atoms with Crippen LogP contribution < -0.4 is 0 Å². The number of thioether (sulfide) groups is 1. The molecule has 0 saturated carbocycles. The maximum absolute atomic E-state index is 12.0. The van der Waals surface area contributed by atoms with Gasteiger partial charge in [-0.05, 0) is 19.3 Å². The quantitative estimate of drug-likeness (QED) is 0.453. The molecule has 0 unspecified atom stereocenters. The molecule has 1 aromatic rings. The number of hydrogen-bond donors (Lipinski definition) is 0. The zero-order chi connectivity index (χ0) is 14.4. The predicted molar refractivity (Wildman–Crippen MR) is 91.0 cm³/mol. The number of hydrogen-bond acceptors (Lipinski definition) is 5. The minimum atomic E-state index is -0.487. The second-order valence-electron chi connectivity index (χ2n) is 4.61. The molecule has 0 aromatic heterocycles. The van der Waals surface area contributed by atoms with E-state index in [0.717, 1.165) is 30.9 Å². The first-order chi connectivity index (χ1) is 9.66. The number of carbonyl (C=O) groups excluding carboxylic acids is 1. The van der Waals surface area contributed by atoms with Crippen LogP contribution in [-0.4, -0.2) is 28.0 Å². The third-order valence-electron chi connectivity index (χ3n) is 3.09. The summed E-state index contributed by atoms with van der Waals surface area (Å²) < 4.78 is 0. The summed E-state index contributed by atoms with van der Waals surface area (Å²) in [4.78, 5) is 26.7. The van der Waals surface area contributed by atoms with E-state index >= 15 is 0 Å². The fraction of sp³-hybridized carbons (Fsp3) is 0.429. The average molecular weight is 373 g/mol. The van der Waals surface area contributed by atoms with E-state index < -0.39 is 4.92 Å². The highest BCUT2D eigenvalue weighted by atomic mass is 79.9. The predicted octanol–water partition coefficient (Wildman–Crippen LogP) is 4.06. The first kappa shape index (κ1) is 17.8. The molecule has 0 aliphatic carbocycles. The van der Waals surface area contributed by atoms with Crippen LogP contribution in [0.3, 0.4) is 0 Å². The van der Waals surface area contributed by atoms with Crippen LogP contribution in [-0.2, 0) is 0 Å². The number of rotatable bonds is 4. The van der Waals surface area contributed by atoms with Crippen molar-refractivity contribution in [2.24, 2.45) is 4.99 Å². The Bertz CT molecular complexity index is 549. The fourth-order valence-electron chi connectivity index (χ4n) is 1.99. The highest BCUT2D eigenvalue weighted by Crippen LogP contribution is 2.19. The lowest BCUT2D eigenvalue weighted by Crippen LogP contribution is -2.06. The summed E-state index contributed by atoms with van der Waals surface area (Å²) in [5, 5.41) is 11.7. The standard InChI is InChI=1S/C14H16N2O3S.BrH/c17-13(10-20-14-7-2-1-3-8-15-14)11-5-4-6-12(9-11)16(18)19;/h4-6,9H,1-3,7-8,10H2;1H. The van der Waals surface area contributed by atoms with Gasteiger partial charge in [0.2, 0.25) is 0 Å². The molecule has 5 nitrogen and oxygen atoms in total. The van der Waals surface area contributed by atoms with E-state index in [1.54, 1.807) is 12.1 Å². The van der Waals surface area contributed by atoms with Crippen molar-refractivity contribution in [3.8, 4) is 0 Å². The van der Waals surface area contributed by atoms with Crippen molar-refractivity contribution in [2.75, 3.05) is 12.3 Å². The van der Waals surface area contributed by atoms with Crippen LogP contribution in [0.5, 0.6) is 0 Å². The van der Waals surface area contributed by atoms with Crippen molar-refractivity contribution in [2.45, 2.75) is 25.7 Å². The molecule has 7 heteroatoms. The van der Waals surface area contributed by atoms with E-state index in [4.69, 9.17) is 0 Å². The summed E-state index contributed by atoms with van der Waals surface area (Å²) in [5.74, 6) is 0.200. The molecule has 0 bridgehead atoms. The molecule has 1 heterocycles. The van der Waals surface area contributed by atoms with Gasteiger partial charge in [0.1, 0.15) is 0 Å². The second-order valence-corrected chi connectivity index (χ2v) is 5.65. The molecule has 0 spiro atoms. The number of benzene rings is 1. The molecule has 0 atom stereocenters. The smallest absolute Gasteiger partial charge is 0.270 e. The van der Waals surface area contributed by atoms with Gasteiger partial charge in [0.05, 0.1) is 15.7 Å². The number of non-ortho nitro benzene ring substituents is 1. The molecule has 1 aliphatic rings. The van der Waals surface area contributed by atoms with Crippen LogP contribution in [0.1, 0.15) is 36.0 Å². The zero-order valence-corrected chi connectivity index (χ0v) is 14.0. The van der Waals surface area contributed by atoms with Crippen molar-refractivity contribution in [1.29, 1.82) is 0 Å². The number of carbonyl (C=O) groups is 1. The van der Waals surface area contributed by atoms with Crippen LogP contribution in [0.15, 0.2) is 29.3 Å². The van der Waals surface area contributed by atoms with E-state index in [-0.39, 0.29) is 28.5 Å². The lowest BCUT2D eigenvalue weighted by molar-refractivity contribution is -0.384. The highest BCUT2D eigenvalue weighted by Gasteiger charge is 2.13. The molecule has 0 radical (unpaired) electrons. The summed E-state index contributed by atoms with van der Waals surface area (Å²) in [6.45, 7) is 0.841. The number of ketones is 1. The maximum atomic E-state index is 12.0. The number of Topliss-reactive ketones (excluding diaryl/α,β-unsaturated/α-hetero) is 1. The van der Waals surface area contributed by atoms with E-state index in [0.29, 0.717) is 11.3 Å². The average Bonchev–Trinajstić information content (AvgIpc) is 2.73. The Morgan fingerprint density at radius 1 is 1.33 bits per heavy atom. The summed E-state index contributed by atoms with van der Waals surface area (Å²) in [6, 6.07) is 5.88. The minimum Gasteiger partial charge on any atom is -0.293 e. The molecule has 0 fully saturated rings. The Morgan fingerprint density at radius 3 is 2.90 bits per heavy atom. The molecule has 0 saturated heterocycles. The molecule has 2 rings (SSSR count). The molecule has 21 heavy (non-hydrogen) atoms. The normalized spacial score (nSPS) is 14.6. The highest BCUT2D eigenvalue weighted by molar-refractivity contribution is 8.93. The van der Waals surface area contributed by atoms with Gasteiger partial charge in [0, 0.05) is 24.2 Å². The first-order valence-corrected chi connectivity index (χ1v) is 7.59. The van der Waals surface area contributed by atoms with Crippen molar-refractivity contribution in [3.05, 3.63) is 39.9 Å². The Morgan fingerprint density at radius 2 is 2.14 bits per heavy atom. The third kappa shape index (κ3) is 5.59. The number of nitrogens with zero attached hydrogens (tertiary/aromatic N) is 2. The monoisotopic (exact) mass is 372 g/mol. The molecule has 0 N–H and O–H groups in total. The van der Waals surface area contributed by atoms with Gasteiger partial charge in [0.25, 0.3) is 5.69 Å². The van der Waals surface area contributed by atoms with Crippen LogP contribution in [0, 0.1) is 10.1 Å². The first-order valence-electron chi connectivity index (χ1n) is 6.60. The lowest BCUT2D eigenvalue weighted by atomic mass is 10.1. The van der Waals surface area contributed by atoms with Gasteiger partial charge in [-0.3, -0.25) is 19.9 Å². The van der Waals surface area contributed by atoms with Gasteiger partial charge in [0.15, 0.2) is 5.78 Å². The summed E-state index contributed by atoms with van der Waals surface area (Å²) in [7, 11) is 0. The number of nitro groups is 1. The van der Waals surface area contributed by atoms with Crippen LogP contribution >= 0.6 is 28.7 Å². The third-order valence-corrected chi connectivity index (χ3v) is 4.16. The van der Waals surface area contributed by atoms with Gasteiger partial charge in [-0.1, -0.05) is 18.6 Å². The lowest BCUT2D eigenvalue weighted by Gasteiger charge is -2.03. The molecule has 0 amide bonds.